The van der Waals surface area contributed by atoms with E-state index in [4.69, 9.17) is 0 Å². The monoisotopic (exact) mass is 400 g/mol. The minimum absolute atomic E-state index is 5.25. The zero-order chi connectivity index (χ0) is 15.5. The molecule has 0 radical (unpaired) electrons. The molecule has 3 aliphatic heterocycles. The molecule has 0 aromatic rings. The Balaban J connectivity index is 2.78. The fourth-order valence-corrected chi connectivity index (χ4v) is 310. The molecular formula is H12O12Si7. The third-order valence-corrected chi connectivity index (χ3v) is 173. The normalized spacial score (nSPS) is 42.3. The van der Waals surface area contributed by atoms with Gasteiger partial charge in [0.2, 0.25) is 0 Å². The van der Waals surface area contributed by atoms with Crippen LogP contribution in [0.25, 0.3) is 0 Å². The summed E-state index contributed by atoms with van der Waals surface area (Å²) in [5.74, 6) is 0. The van der Waals surface area contributed by atoms with Crippen LogP contribution in [-0.2, 0) is 0 Å². The Morgan fingerprint density at radius 2 is 0.579 bits per heavy atom. The standard InChI is InChI=1S/H12O12Si7/c1-13(2,3)18-15(7,8)19(14(4,5)6,16(18,9)10)17(18,11)12/h1-12H. The van der Waals surface area contributed by atoms with Crippen LogP contribution in [0.1, 0.15) is 0 Å². The molecule has 0 aromatic carbocycles. The van der Waals surface area contributed by atoms with E-state index in [0.29, 0.717) is 0 Å². The van der Waals surface area contributed by atoms with Gasteiger partial charge in [-0.05, 0) is 0 Å². The first kappa shape index (κ1) is 16.4. The smallest absolute Gasteiger partial charge is 0.416 e. The summed E-state index contributed by atoms with van der Waals surface area (Å²) in [6.07, 6.45) is -10.5. The van der Waals surface area contributed by atoms with Gasteiger partial charge in [-0.3, -0.25) is 0 Å². The molecule has 19 heavy (non-hydrogen) atoms. The van der Waals surface area contributed by atoms with Gasteiger partial charge < -0.3 is 57.5 Å². The van der Waals surface area contributed by atoms with Crippen LogP contribution >= 0.6 is 0 Å². The fourth-order valence-electron chi connectivity index (χ4n) is 3.52. The van der Waals surface area contributed by atoms with Crippen LogP contribution in [0.5, 0.6) is 0 Å². The van der Waals surface area contributed by atoms with Crippen molar-refractivity contribution >= 4 is 51.7 Å². The molecule has 3 aliphatic rings. The van der Waals surface area contributed by atoms with Gasteiger partial charge in [0.05, 0.1) is 0 Å². The summed E-state index contributed by atoms with van der Waals surface area (Å²) in [5, 5.41) is 0. The summed E-state index contributed by atoms with van der Waals surface area (Å²) in [4.78, 5) is 115. The zero-order valence-electron chi connectivity index (χ0n) is 8.87. The fraction of sp³-hybridized carbons (Fsp3) is 0. The van der Waals surface area contributed by atoms with Crippen LogP contribution in [0.2, 0.25) is 0 Å². The van der Waals surface area contributed by atoms with Crippen molar-refractivity contribution in [3.8, 4) is 0 Å². The van der Waals surface area contributed by atoms with E-state index < -0.39 is 51.7 Å². The lowest BCUT2D eigenvalue weighted by molar-refractivity contribution is 0.246. The molecule has 0 aromatic heterocycles. The highest BCUT2D eigenvalue weighted by molar-refractivity contribution is 8.55. The Hall–Kier alpha value is 1.04. The van der Waals surface area contributed by atoms with E-state index in [0.717, 1.165) is 0 Å². The first-order valence-electron chi connectivity index (χ1n) is 4.68. The van der Waals surface area contributed by atoms with Crippen LogP contribution in [0, 0.1) is 0 Å². The van der Waals surface area contributed by atoms with Crippen molar-refractivity contribution in [2.24, 2.45) is 0 Å². The van der Waals surface area contributed by atoms with E-state index >= 15 is 0 Å². The lowest BCUT2D eigenvalue weighted by atomic mass is 15.8. The second-order valence-electron chi connectivity index (χ2n) is 4.79. The van der Waals surface area contributed by atoms with E-state index in [2.05, 4.69) is 0 Å². The van der Waals surface area contributed by atoms with Gasteiger partial charge in [0.15, 0.2) is 0 Å². The van der Waals surface area contributed by atoms with Crippen molar-refractivity contribution in [2.45, 2.75) is 0 Å². The van der Waals surface area contributed by atoms with Crippen molar-refractivity contribution in [3.05, 3.63) is 0 Å². The molecule has 3 fully saturated rings. The molecule has 0 unspecified atom stereocenters. The summed E-state index contributed by atoms with van der Waals surface area (Å²) in [6.45, 7) is 0. The molecule has 0 aliphatic carbocycles. The third-order valence-electron chi connectivity index (χ3n) is 4.14. The van der Waals surface area contributed by atoms with Gasteiger partial charge in [-0.25, -0.2) is 0 Å². The first-order valence-corrected chi connectivity index (χ1v) is 26.0. The molecule has 3 rings (SSSR count). The molecule has 0 amide bonds. The number of rotatable bonds is 2. The van der Waals surface area contributed by atoms with E-state index in [1.807, 2.05) is 0 Å². The Morgan fingerprint density at radius 1 is 0.421 bits per heavy atom. The highest BCUT2D eigenvalue weighted by Crippen LogP contribution is 2.67. The number of hydrogen-bond acceptors (Lipinski definition) is 12. The van der Waals surface area contributed by atoms with E-state index in [1.165, 1.54) is 0 Å². The lowest BCUT2D eigenvalue weighted by Gasteiger charge is -2.81. The van der Waals surface area contributed by atoms with Gasteiger partial charge >= 0.3 is 51.7 Å². The molecule has 3 saturated heterocycles. The quantitative estimate of drug-likeness (QED) is 0.193. The minimum Gasteiger partial charge on any atom is -0.416 e. The van der Waals surface area contributed by atoms with Gasteiger partial charge in [-0.1, -0.05) is 0 Å². The SMILES string of the molecule is O[Si](O)(O)[Si]12[Si](O)(O)[Si]([Si](O)(O)O)([Si]1(O)O)[Si]2(O)O. The van der Waals surface area contributed by atoms with Crippen molar-refractivity contribution in [2.75, 3.05) is 0 Å². The van der Waals surface area contributed by atoms with Crippen LogP contribution in [0.15, 0.2) is 0 Å². The van der Waals surface area contributed by atoms with Crippen molar-refractivity contribution in [1.29, 1.82) is 0 Å². The lowest BCUT2D eigenvalue weighted by Crippen LogP contribution is -3.39. The largest absolute Gasteiger partial charge is 0.470 e. The summed E-state index contributed by atoms with van der Waals surface area (Å²) in [7, 11) is -27.3. The van der Waals surface area contributed by atoms with E-state index in [1.54, 1.807) is 0 Å². The maximum absolute atomic E-state index is 9.83. The maximum atomic E-state index is 9.83. The van der Waals surface area contributed by atoms with E-state index in [9.17, 15) is 57.5 Å². The molecule has 3 heterocycles. The molecule has 12 nitrogen and oxygen atoms in total. The predicted octanol–water partition coefficient (Wildman–Crippen LogP) is -9.35. The van der Waals surface area contributed by atoms with Gasteiger partial charge in [0.25, 0.3) is 0 Å². The molecule has 19 heteroatoms. The molecule has 2 bridgehead atoms. The first-order chi connectivity index (χ1) is 8.00. The Labute approximate surface area is 109 Å². The van der Waals surface area contributed by atoms with Crippen molar-refractivity contribution in [1.82, 2.24) is 0 Å². The maximum Gasteiger partial charge on any atom is 0.470 e. The van der Waals surface area contributed by atoms with Crippen LogP contribution in [0.3, 0.4) is 0 Å². The molecule has 112 valence electrons. The summed E-state index contributed by atoms with van der Waals surface area (Å²) in [5.41, 5.74) is 0. The minimum atomic E-state index is -5.72. The van der Waals surface area contributed by atoms with E-state index in [-0.39, 0.29) is 0 Å². The predicted molar refractivity (Wildman–Crippen MR) is 66.9 cm³/mol. The van der Waals surface area contributed by atoms with Gasteiger partial charge in [0.1, 0.15) is 0 Å². The van der Waals surface area contributed by atoms with Crippen molar-refractivity contribution < 1.29 is 57.5 Å². The highest BCUT2D eigenvalue weighted by atomic mass is 30.8. The average Bonchev–Trinajstić information content (AvgIpc) is 1.90. The van der Waals surface area contributed by atoms with Crippen molar-refractivity contribution in [3.63, 3.8) is 0 Å². The second kappa shape index (κ2) is 3.34. The second-order valence-corrected chi connectivity index (χ2v) is 71.4. The van der Waals surface area contributed by atoms with Crippen LogP contribution in [-0.4, -0.2) is 109 Å². The van der Waals surface area contributed by atoms with Crippen LogP contribution < -0.4 is 0 Å². The molecular weight excluding hydrogens is 389 g/mol. The highest BCUT2D eigenvalue weighted by Gasteiger charge is 3.29. The zero-order valence-corrected chi connectivity index (χ0v) is 15.9. The summed E-state index contributed by atoms with van der Waals surface area (Å²) in [6, 6.07) is 0. The van der Waals surface area contributed by atoms with Crippen LogP contribution in [0.4, 0.5) is 0 Å². The van der Waals surface area contributed by atoms with Gasteiger partial charge in [-0.15, -0.1) is 0 Å². The third kappa shape index (κ3) is 1.04. The Kier molecular flexibility index (Phi) is 2.89. The van der Waals surface area contributed by atoms with Gasteiger partial charge in [0, 0.05) is 0 Å². The average molecular weight is 401 g/mol. The Morgan fingerprint density at radius 3 is 0.684 bits per heavy atom. The van der Waals surface area contributed by atoms with Gasteiger partial charge in [-0.2, -0.15) is 0 Å². The molecule has 0 saturated carbocycles. The Bertz CT molecular complexity index is 356. The number of hydrogen-bond donors (Lipinski definition) is 12. The molecule has 0 atom stereocenters. The summed E-state index contributed by atoms with van der Waals surface area (Å²) < 4.78 is 0. The molecule has 0 spiro atoms. The topological polar surface area (TPSA) is 243 Å². The molecule has 12 N–H and O–H groups in total. The summed E-state index contributed by atoms with van der Waals surface area (Å²) >= 11 is 0.